The van der Waals surface area contributed by atoms with Crippen LogP contribution in [0.15, 0.2) is 22.7 Å². The van der Waals surface area contributed by atoms with Crippen LogP contribution < -0.4 is 5.32 Å². The van der Waals surface area contributed by atoms with Gasteiger partial charge in [0.2, 0.25) is 0 Å². The summed E-state index contributed by atoms with van der Waals surface area (Å²) >= 11 is 3.16. The number of piperazine rings is 1. The van der Waals surface area contributed by atoms with Gasteiger partial charge in [-0.2, -0.15) is 13.2 Å². The van der Waals surface area contributed by atoms with E-state index in [2.05, 4.69) is 26.1 Å². The highest BCUT2D eigenvalue weighted by atomic mass is 79.9. The van der Waals surface area contributed by atoms with E-state index in [1.807, 2.05) is 0 Å². The summed E-state index contributed by atoms with van der Waals surface area (Å²) in [6.07, 6.45) is -3.94. The Bertz CT molecular complexity index is 482. The minimum absolute atomic E-state index is 0. The first-order valence-electron chi connectivity index (χ1n) is 6.85. The first-order valence-corrected chi connectivity index (χ1v) is 7.64. The van der Waals surface area contributed by atoms with Crippen LogP contribution in [0.4, 0.5) is 13.2 Å². The number of benzene rings is 1. The van der Waals surface area contributed by atoms with Crippen molar-refractivity contribution in [1.29, 1.82) is 0 Å². The highest BCUT2D eigenvalue weighted by Crippen LogP contribution is 2.35. The minimum Gasteiger partial charge on any atom is -0.396 e. The van der Waals surface area contributed by atoms with Gasteiger partial charge in [-0.15, -0.1) is 12.4 Å². The third-order valence-electron chi connectivity index (χ3n) is 3.63. The van der Waals surface area contributed by atoms with Gasteiger partial charge in [-0.05, 0) is 30.2 Å². The summed E-state index contributed by atoms with van der Waals surface area (Å²) in [5.74, 6) is 0. The van der Waals surface area contributed by atoms with E-state index in [1.54, 1.807) is 6.07 Å². The van der Waals surface area contributed by atoms with Crippen molar-refractivity contribution in [3.8, 4) is 0 Å². The predicted octanol–water partition coefficient (Wildman–Crippen LogP) is 3.22. The zero-order chi connectivity index (χ0) is 15.5. The number of hydrogen-bond acceptors (Lipinski definition) is 3. The van der Waals surface area contributed by atoms with Crippen LogP contribution in [0.5, 0.6) is 0 Å². The van der Waals surface area contributed by atoms with Gasteiger partial charge in [-0.3, -0.25) is 4.90 Å². The fourth-order valence-corrected chi connectivity index (χ4v) is 3.16. The Labute approximate surface area is 142 Å². The molecule has 1 fully saturated rings. The summed E-state index contributed by atoms with van der Waals surface area (Å²) in [6, 6.07) is 3.78. The average molecular weight is 404 g/mol. The lowest BCUT2D eigenvalue weighted by Crippen LogP contribution is -2.45. The van der Waals surface area contributed by atoms with Crippen LogP contribution in [-0.2, 0) is 6.18 Å². The van der Waals surface area contributed by atoms with Gasteiger partial charge >= 0.3 is 6.18 Å². The molecule has 1 heterocycles. The van der Waals surface area contributed by atoms with E-state index in [-0.39, 0.29) is 25.1 Å². The summed E-state index contributed by atoms with van der Waals surface area (Å²) in [6.45, 7) is 3.09. The van der Waals surface area contributed by atoms with Crippen LogP contribution in [0.2, 0.25) is 0 Å². The molecule has 8 heteroatoms. The smallest absolute Gasteiger partial charge is 0.396 e. The second-order valence-electron chi connectivity index (χ2n) is 5.09. The standard InChI is InChI=1S/C14H18BrF3N2O.ClH/c15-12-8-10(7-11(9-12)14(16,17)18)13(1-6-21)20-4-2-19-3-5-20;/h7-9,13,19,21H,1-6H2;1H/t13-;/m1./s1. The molecule has 1 aliphatic rings. The van der Waals surface area contributed by atoms with E-state index in [1.165, 1.54) is 6.07 Å². The number of halogens is 5. The molecule has 1 aliphatic heterocycles. The summed E-state index contributed by atoms with van der Waals surface area (Å²) in [4.78, 5) is 2.12. The maximum atomic E-state index is 12.9. The first kappa shape index (κ1) is 19.7. The van der Waals surface area contributed by atoms with Gasteiger partial charge in [0.1, 0.15) is 0 Å². The molecule has 3 nitrogen and oxygen atoms in total. The average Bonchev–Trinajstić information content (AvgIpc) is 2.44. The second-order valence-corrected chi connectivity index (χ2v) is 6.00. The lowest BCUT2D eigenvalue weighted by molar-refractivity contribution is -0.137. The quantitative estimate of drug-likeness (QED) is 0.810. The Morgan fingerprint density at radius 1 is 1.23 bits per heavy atom. The lowest BCUT2D eigenvalue weighted by Gasteiger charge is -2.35. The predicted molar refractivity (Wildman–Crippen MR) is 85.3 cm³/mol. The van der Waals surface area contributed by atoms with Gasteiger partial charge in [0.15, 0.2) is 0 Å². The normalized spacial score (nSPS) is 17.9. The molecule has 0 bridgehead atoms. The van der Waals surface area contributed by atoms with Gasteiger partial charge in [-0.1, -0.05) is 15.9 Å². The molecule has 0 amide bonds. The molecule has 0 aliphatic carbocycles. The number of aliphatic hydroxyl groups is 1. The van der Waals surface area contributed by atoms with Crippen LogP contribution in [0, 0.1) is 0 Å². The third-order valence-corrected chi connectivity index (χ3v) is 4.08. The van der Waals surface area contributed by atoms with Crippen LogP contribution in [0.25, 0.3) is 0 Å². The van der Waals surface area contributed by atoms with E-state index in [0.29, 0.717) is 16.5 Å². The fraction of sp³-hybridized carbons (Fsp3) is 0.571. The molecule has 1 aromatic rings. The van der Waals surface area contributed by atoms with E-state index in [4.69, 9.17) is 0 Å². The molecule has 2 N–H and O–H groups in total. The van der Waals surface area contributed by atoms with E-state index in [9.17, 15) is 18.3 Å². The van der Waals surface area contributed by atoms with Gasteiger partial charge in [0, 0.05) is 43.3 Å². The van der Waals surface area contributed by atoms with Crippen molar-refractivity contribution in [3.63, 3.8) is 0 Å². The molecule has 0 radical (unpaired) electrons. The lowest BCUT2D eigenvalue weighted by atomic mass is 9.99. The van der Waals surface area contributed by atoms with E-state index in [0.717, 1.165) is 32.2 Å². The Hall–Kier alpha value is -0.340. The van der Waals surface area contributed by atoms with Crippen molar-refractivity contribution in [2.45, 2.75) is 18.6 Å². The highest BCUT2D eigenvalue weighted by molar-refractivity contribution is 9.10. The van der Waals surface area contributed by atoms with Crippen LogP contribution >= 0.6 is 28.3 Å². The third kappa shape index (κ3) is 5.09. The molecule has 22 heavy (non-hydrogen) atoms. The van der Waals surface area contributed by atoms with E-state index < -0.39 is 11.7 Å². The summed E-state index contributed by atoms with van der Waals surface area (Å²) in [5, 5.41) is 12.5. The monoisotopic (exact) mass is 402 g/mol. The largest absolute Gasteiger partial charge is 0.416 e. The highest BCUT2D eigenvalue weighted by Gasteiger charge is 2.32. The molecule has 1 atom stereocenters. The van der Waals surface area contributed by atoms with Crippen molar-refractivity contribution in [2.75, 3.05) is 32.8 Å². The van der Waals surface area contributed by atoms with Crippen molar-refractivity contribution < 1.29 is 18.3 Å². The fourth-order valence-electron chi connectivity index (χ4n) is 2.64. The van der Waals surface area contributed by atoms with Crippen molar-refractivity contribution >= 4 is 28.3 Å². The first-order chi connectivity index (χ1) is 9.91. The Balaban J connectivity index is 0.00000242. The molecule has 0 saturated carbocycles. The van der Waals surface area contributed by atoms with Gasteiger partial charge in [0.25, 0.3) is 0 Å². The molecule has 1 saturated heterocycles. The molecule has 0 unspecified atom stereocenters. The zero-order valence-electron chi connectivity index (χ0n) is 11.9. The maximum absolute atomic E-state index is 12.9. The second kappa shape index (κ2) is 8.49. The molecule has 126 valence electrons. The molecular formula is C14H19BrClF3N2O. The zero-order valence-corrected chi connectivity index (χ0v) is 14.3. The molecule has 0 spiro atoms. The van der Waals surface area contributed by atoms with Gasteiger partial charge < -0.3 is 10.4 Å². The number of aliphatic hydroxyl groups excluding tert-OH is 1. The number of nitrogens with one attached hydrogen (secondary N) is 1. The molecule has 1 aromatic carbocycles. The van der Waals surface area contributed by atoms with Crippen molar-refractivity contribution in [2.24, 2.45) is 0 Å². The van der Waals surface area contributed by atoms with E-state index >= 15 is 0 Å². The maximum Gasteiger partial charge on any atom is 0.416 e. The Morgan fingerprint density at radius 2 is 1.86 bits per heavy atom. The summed E-state index contributed by atoms with van der Waals surface area (Å²) in [5.41, 5.74) is -0.0717. The van der Waals surface area contributed by atoms with Gasteiger partial charge in [-0.25, -0.2) is 0 Å². The van der Waals surface area contributed by atoms with Crippen molar-refractivity contribution in [3.05, 3.63) is 33.8 Å². The Morgan fingerprint density at radius 3 is 2.41 bits per heavy atom. The van der Waals surface area contributed by atoms with Crippen LogP contribution in [-0.4, -0.2) is 42.8 Å². The van der Waals surface area contributed by atoms with Crippen LogP contribution in [0.3, 0.4) is 0 Å². The van der Waals surface area contributed by atoms with Gasteiger partial charge in [0.05, 0.1) is 5.56 Å². The summed E-state index contributed by atoms with van der Waals surface area (Å²) < 4.78 is 39.2. The number of nitrogens with zero attached hydrogens (tertiary/aromatic N) is 1. The minimum atomic E-state index is -4.37. The number of rotatable bonds is 4. The number of hydrogen-bond donors (Lipinski definition) is 2. The molecule has 2 rings (SSSR count). The number of alkyl halides is 3. The molecular weight excluding hydrogens is 385 g/mol. The SMILES string of the molecule is Cl.OCC[C@H](c1cc(Br)cc(C(F)(F)F)c1)N1CCNCC1. The summed E-state index contributed by atoms with van der Waals surface area (Å²) in [7, 11) is 0. The van der Waals surface area contributed by atoms with Crippen LogP contribution in [0.1, 0.15) is 23.6 Å². The Kier molecular flexibility index (Phi) is 7.61. The molecule has 0 aromatic heterocycles. The topological polar surface area (TPSA) is 35.5 Å². The van der Waals surface area contributed by atoms with Crippen molar-refractivity contribution in [1.82, 2.24) is 10.2 Å².